The highest BCUT2D eigenvalue weighted by Crippen LogP contribution is 2.64. The molecule has 0 saturated carbocycles. The molecule has 1 amide bonds. The van der Waals surface area contributed by atoms with Gasteiger partial charge in [-0.25, -0.2) is 11.6 Å². The van der Waals surface area contributed by atoms with Crippen LogP contribution in [0.2, 0.25) is 0 Å². The Morgan fingerprint density at radius 3 is 2.32 bits per heavy atom. The van der Waals surface area contributed by atoms with Crippen LogP contribution in [0.1, 0.15) is 58.3 Å². The highest BCUT2D eigenvalue weighted by Gasteiger charge is 2.64. The number of benzene rings is 3. The van der Waals surface area contributed by atoms with E-state index in [9.17, 15) is 4.79 Å². The maximum absolute atomic E-state index is 14.0. The van der Waals surface area contributed by atoms with E-state index in [1.54, 1.807) is 0 Å². The summed E-state index contributed by atoms with van der Waals surface area (Å²) in [5.41, 5.74) is 6.56. The standard InChI is InChI=1S/C32H28N4OS/c1-20(33-3)22-15-13-21(14-16-22)17-23-18-38-30(35-23)36-29(37)31(2)19-32(34-4)26-11-7-5-9-24(26)28(31)25-10-6-8-12-27(25)32/h5-16,18,28,33H,1,17,19H2,2-3H3,(H,35,36,37). The summed E-state index contributed by atoms with van der Waals surface area (Å²) in [6.45, 7) is 14.3. The van der Waals surface area contributed by atoms with E-state index >= 15 is 0 Å². The first kappa shape index (κ1) is 24.1. The van der Waals surface area contributed by atoms with Gasteiger partial charge in [0.25, 0.3) is 5.54 Å². The van der Waals surface area contributed by atoms with E-state index in [1.807, 2.05) is 55.7 Å². The zero-order valence-corrected chi connectivity index (χ0v) is 22.2. The number of thiazole rings is 1. The van der Waals surface area contributed by atoms with Crippen LogP contribution in [0, 0.1) is 12.0 Å². The minimum absolute atomic E-state index is 0.0876. The largest absolute Gasteiger partial charge is 0.388 e. The Hall–Kier alpha value is -4.21. The lowest BCUT2D eigenvalue weighted by Gasteiger charge is -2.51. The number of fused-ring (bicyclic) bond motifs is 1. The minimum atomic E-state index is -0.868. The summed E-state index contributed by atoms with van der Waals surface area (Å²) in [5.74, 6) is -0.209. The average Bonchev–Trinajstić information content (AvgIpc) is 3.39. The van der Waals surface area contributed by atoms with Crippen molar-refractivity contribution in [2.75, 3.05) is 12.4 Å². The van der Waals surface area contributed by atoms with Gasteiger partial charge in [0.1, 0.15) is 0 Å². The van der Waals surface area contributed by atoms with Crippen molar-refractivity contribution in [2.24, 2.45) is 5.41 Å². The summed E-state index contributed by atoms with van der Waals surface area (Å²) >= 11 is 1.44. The summed E-state index contributed by atoms with van der Waals surface area (Å²) in [6, 6.07) is 24.5. The second-order valence-corrected chi connectivity index (χ2v) is 11.2. The van der Waals surface area contributed by atoms with Gasteiger partial charge in [0.2, 0.25) is 5.91 Å². The summed E-state index contributed by atoms with van der Waals surface area (Å²) in [4.78, 5) is 22.9. The molecule has 0 fully saturated rings. The number of hydrogen-bond donors (Lipinski definition) is 2. The number of aromatic nitrogens is 1. The molecule has 7 rings (SSSR count). The average molecular weight is 517 g/mol. The van der Waals surface area contributed by atoms with Crippen LogP contribution in [-0.4, -0.2) is 17.9 Å². The maximum atomic E-state index is 14.0. The van der Waals surface area contributed by atoms with Crippen LogP contribution in [0.3, 0.4) is 0 Å². The van der Waals surface area contributed by atoms with Gasteiger partial charge in [-0.3, -0.25) is 9.64 Å². The van der Waals surface area contributed by atoms with Crippen LogP contribution in [0.5, 0.6) is 0 Å². The zero-order valence-electron chi connectivity index (χ0n) is 21.4. The van der Waals surface area contributed by atoms with Gasteiger partial charge in [0, 0.05) is 48.0 Å². The number of carbonyl (C=O) groups is 1. The van der Waals surface area contributed by atoms with Crippen LogP contribution in [0.4, 0.5) is 5.13 Å². The maximum Gasteiger partial charge on any atom is 0.284 e. The molecule has 38 heavy (non-hydrogen) atoms. The van der Waals surface area contributed by atoms with Gasteiger partial charge in [-0.15, -0.1) is 11.3 Å². The van der Waals surface area contributed by atoms with Crippen LogP contribution in [0.15, 0.2) is 84.8 Å². The van der Waals surface area contributed by atoms with Crippen LogP contribution < -0.4 is 10.6 Å². The fraction of sp³-hybridized carbons (Fsp3) is 0.219. The molecule has 6 heteroatoms. The molecule has 1 heterocycles. The SMILES string of the molecule is [C-]#[N+]C12CC(C)(C(=O)Nc3nc(Cc4ccc(C(=C)NC)cc4)cs3)C(c3ccccc31)c1ccccc12. The Morgan fingerprint density at radius 1 is 1.08 bits per heavy atom. The lowest BCUT2D eigenvalue weighted by molar-refractivity contribution is -0.127. The first-order valence-electron chi connectivity index (χ1n) is 12.7. The van der Waals surface area contributed by atoms with E-state index in [0.717, 1.165) is 44.8 Å². The highest BCUT2D eigenvalue weighted by molar-refractivity contribution is 7.13. The van der Waals surface area contributed by atoms with Crippen molar-refractivity contribution >= 4 is 28.1 Å². The van der Waals surface area contributed by atoms with Crippen LogP contribution >= 0.6 is 11.3 Å². The van der Waals surface area contributed by atoms with E-state index < -0.39 is 11.0 Å². The van der Waals surface area contributed by atoms with Gasteiger partial charge >= 0.3 is 0 Å². The summed E-state index contributed by atoms with van der Waals surface area (Å²) in [7, 11) is 1.86. The highest BCUT2D eigenvalue weighted by atomic mass is 32.1. The van der Waals surface area contributed by atoms with E-state index in [2.05, 4.69) is 58.5 Å². The van der Waals surface area contributed by atoms with E-state index in [4.69, 9.17) is 11.6 Å². The van der Waals surface area contributed by atoms with Crippen LogP contribution in [0.25, 0.3) is 10.5 Å². The third-order valence-corrected chi connectivity index (χ3v) is 8.97. The molecule has 0 aliphatic heterocycles. The summed E-state index contributed by atoms with van der Waals surface area (Å²) in [5, 5.41) is 8.78. The summed E-state index contributed by atoms with van der Waals surface area (Å²) in [6.07, 6.45) is 1.12. The molecule has 1 unspecified atom stereocenters. The Morgan fingerprint density at radius 2 is 1.71 bits per heavy atom. The van der Waals surface area contributed by atoms with Gasteiger partial charge < -0.3 is 10.6 Å². The molecule has 1 aromatic heterocycles. The number of amides is 1. The molecule has 188 valence electrons. The molecular weight excluding hydrogens is 488 g/mol. The van der Waals surface area contributed by atoms with Crippen molar-refractivity contribution in [3.05, 3.63) is 135 Å². The molecule has 4 aromatic rings. The molecule has 2 N–H and O–H groups in total. The van der Waals surface area contributed by atoms with Crippen molar-refractivity contribution in [2.45, 2.75) is 31.2 Å². The van der Waals surface area contributed by atoms with Crippen molar-refractivity contribution < 1.29 is 4.79 Å². The monoisotopic (exact) mass is 516 g/mol. The Kier molecular flexibility index (Phi) is 5.70. The normalized spacial score (nSPS) is 22.6. The van der Waals surface area contributed by atoms with Crippen molar-refractivity contribution in [1.82, 2.24) is 10.3 Å². The molecule has 0 radical (unpaired) electrons. The second-order valence-electron chi connectivity index (χ2n) is 10.4. The number of hydrogen-bond acceptors (Lipinski definition) is 4. The first-order valence-corrected chi connectivity index (χ1v) is 13.6. The molecule has 5 nitrogen and oxygen atoms in total. The second kappa shape index (κ2) is 8.97. The lowest BCUT2D eigenvalue weighted by atomic mass is 9.49. The number of nitrogens with zero attached hydrogens (tertiary/aromatic N) is 2. The van der Waals surface area contributed by atoms with E-state index in [-0.39, 0.29) is 11.8 Å². The van der Waals surface area contributed by atoms with Crippen molar-refractivity contribution in [3.63, 3.8) is 0 Å². The predicted molar refractivity (Wildman–Crippen MR) is 153 cm³/mol. The fourth-order valence-corrected chi connectivity index (χ4v) is 7.01. The number of anilines is 1. The molecule has 0 spiro atoms. The molecule has 1 atom stereocenters. The zero-order chi connectivity index (χ0) is 26.5. The Bertz CT molecular complexity index is 1570. The number of nitrogens with one attached hydrogen (secondary N) is 2. The van der Waals surface area contributed by atoms with Gasteiger partial charge in [-0.05, 0) is 29.2 Å². The summed E-state index contributed by atoms with van der Waals surface area (Å²) < 4.78 is 0. The lowest BCUT2D eigenvalue weighted by Crippen LogP contribution is -2.53. The van der Waals surface area contributed by atoms with Crippen molar-refractivity contribution in [1.29, 1.82) is 0 Å². The van der Waals surface area contributed by atoms with Crippen LogP contribution in [-0.2, 0) is 16.8 Å². The van der Waals surface area contributed by atoms with Gasteiger partial charge in [0.15, 0.2) is 5.13 Å². The molecule has 3 aromatic carbocycles. The molecular formula is C32H28N4OS. The van der Waals surface area contributed by atoms with Gasteiger partial charge in [0.05, 0.1) is 11.1 Å². The minimum Gasteiger partial charge on any atom is -0.388 e. The smallest absolute Gasteiger partial charge is 0.284 e. The van der Waals surface area contributed by atoms with Gasteiger partial charge in [-0.1, -0.05) is 79.4 Å². The fourth-order valence-electron chi connectivity index (χ4n) is 6.31. The Labute approximate surface area is 227 Å². The Balaban J connectivity index is 1.28. The topological polar surface area (TPSA) is 58.4 Å². The van der Waals surface area contributed by atoms with E-state index in [1.165, 1.54) is 11.3 Å². The molecule has 2 bridgehead atoms. The molecule has 0 saturated heterocycles. The number of carbonyl (C=O) groups excluding carboxylic acids is 1. The third-order valence-electron chi connectivity index (χ3n) is 8.17. The molecule has 3 aliphatic carbocycles. The quantitative estimate of drug-likeness (QED) is 0.285. The number of rotatable bonds is 6. The van der Waals surface area contributed by atoms with Crippen molar-refractivity contribution in [3.8, 4) is 0 Å². The van der Waals surface area contributed by atoms with Gasteiger partial charge in [-0.2, -0.15) is 0 Å². The van der Waals surface area contributed by atoms with E-state index in [0.29, 0.717) is 18.0 Å². The third kappa shape index (κ3) is 3.58. The first-order chi connectivity index (χ1) is 18.4. The molecule has 3 aliphatic rings. The predicted octanol–water partition coefficient (Wildman–Crippen LogP) is 6.58.